The van der Waals surface area contributed by atoms with E-state index in [1.807, 2.05) is 6.92 Å². The fraction of sp³-hybridized carbons (Fsp3) is 0.500. The molecule has 1 aliphatic carbocycles. The maximum absolute atomic E-state index is 11.0. The lowest BCUT2D eigenvalue weighted by atomic mass is 9.86. The second-order valence-corrected chi connectivity index (χ2v) is 5.29. The van der Waals surface area contributed by atoms with E-state index in [0.717, 1.165) is 24.3 Å². The van der Waals surface area contributed by atoms with Gasteiger partial charge >= 0.3 is 5.97 Å². The summed E-state index contributed by atoms with van der Waals surface area (Å²) in [6.07, 6.45) is 3.02. The monoisotopic (exact) mass is 288 g/mol. The Bertz CT molecular complexity index is 543. The Hall–Kier alpha value is -2.22. The highest BCUT2D eigenvalue weighted by molar-refractivity contribution is 5.70. The van der Waals surface area contributed by atoms with Crippen LogP contribution >= 0.6 is 0 Å². The van der Waals surface area contributed by atoms with Crippen LogP contribution < -0.4 is 10.1 Å². The second kappa shape index (κ2) is 6.98. The molecule has 0 radical (unpaired) electrons. The van der Waals surface area contributed by atoms with E-state index in [1.54, 1.807) is 18.2 Å². The number of hydrogen-bond donors (Lipinski definition) is 2. The van der Waals surface area contributed by atoms with Gasteiger partial charge in [0.15, 0.2) is 0 Å². The summed E-state index contributed by atoms with van der Waals surface area (Å²) in [4.78, 5) is 11.0. The highest BCUT2D eigenvalue weighted by Gasteiger charge is 2.26. The molecule has 0 saturated heterocycles. The molecule has 0 atom stereocenters. The van der Waals surface area contributed by atoms with Gasteiger partial charge in [-0.3, -0.25) is 4.79 Å². The summed E-state index contributed by atoms with van der Waals surface area (Å²) in [5.74, 6) is -0.188. The maximum Gasteiger partial charge on any atom is 0.306 e. The van der Waals surface area contributed by atoms with Gasteiger partial charge in [0, 0.05) is 6.04 Å². The third kappa shape index (κ3) is 3.88. The molecule has 0 heterocycles. The quantitative estimate of drug-likeness (QED) is 0.870. The van der Waals surface area contributed by atoms with Crippen molar-refractivity contribution in [1.82, 2.24) is 0 Å². The maximum atomic E-state index is 11.0. The molecule has 1 saturated carbocycles. The van der Waals surface area contributed by atoms with Gasteiger partial charge in [0.1, 0.15) is 5.75 Å². The zero-order valence-electron chi connectivity index (χ0n) is 12.1. The van der Waals surface area contributed by atoms with Crippen molar-refractivity contribution in [3.8, 4) is 11.8 Å². The van der Waals surface area contributed by atoms with Crippen molar-refractivity contribution in [1.29, 1.82) is 5.26 Å². The molecular formula is C16H20N2O3. The molecule has 0 spiro atoms. The third-order valence-electron chi connectivity index (χ3n) is 3.84. The first-order chi connectivity index (χ1) is 10.1. The number of hydrogen-bond acceptors (Lipinski definition) is 4. The van der Waals surface area contributed by atoms with Crippen LogP contribution in [0.15, 0.2) is 18.2 Å². The highest BCUT2D eigenvalue weighted by atomic mass is 16.5. The van der Waals surface area contributed by atoms with Gasteiger partial charge in [-0.15, -0.1) is 0 Å². The Balaban J connectivity index is 2.05. The lowest BCUT2D eigenvalue weighted by molar-refractivity contribution is -0.142. The molecule has 1 aromatic carbocycles. The summed E-state index contributed by atoms with van der Waals surface area (Å²) in [5.41, 5.74) is 1.40. The van der Waals surface area contributed by atoms with Gasteiger partial charge in [-0.25, -0.2) is 0 Å². The van der Waals surface area contributed by atoms with E-state index in [9.17, 15) is 4.79 Å². The van der Waals surface area contributed by atoms with Crippen molar-refractivity contribution in [2.75, 3.05) is 11.9 Å². The molecule has 0 aromatic heterocycles. The largest absolute Gasteiger partial charge is 0.492 e. The predicted octanol–water partition coefficient (Wildman–Crippen LogP) is 3.01. The van der Waals surface area contributed by atoms with Crippen LogP contribution in [0.25, 0.3) is 0 Å². The SMILES string of the molecule is CCOc1ccc(C#N)cc1NC1CCC(C(=O)O)CC1. The normalized spacial score (nSPS) is 21.3. The van der Waals surface area contributed by atoms with Crippen LogP contribution in [0, 0.1) is 17.2 Å². The van der Waals surface area contributed by atoms with E-state index in [4.69, 9.17) is 15.1 Å². The molecule has 1 fully saturated rings. The average Bonchev–Trinajstić information content (AvgIpc) is 2.49. The molecule has 1 aromatic rings. The lowest BCUT2D eigenvalue weighted by Gasteiger charge is -2.28. The number of carboxylic acids is 1. The van der Waals surface area contributed by atoms with Crippen LogP contribution in [0.1, 0.15) is 38.2 Å². The summed E-state index contributed by atoms with van der Waals surface area (Å²) in [7, 11) is 0. The molecule has 21 heavy (non-hydrogen) atoms. The van der Waals surface area contributed by atoms with Gasteiger partial charge in [-0.2, -0.15) is 5.26 Å². The molecular weight excluding hydrogens is 268 g/mol. The highest BCUT2D eigenvalue weighted by Crippen LogP contribution is 2.31. The molecule has 0 unspecified atom stereocenters. The number of carboxylic acid groups (broad SMARTS) is 1. The molecule has 0 aliphatic heterocycles. The second-order valence-electron chi connectivity index (χ2n) is 5.29. The van der Waals surface area contributed by atoms with E-state index in [0.29, 0.717) is 25.0 Å². The van der Waals surface area contributed by atoms with Gasteiger partial charge in [-0.1, -0.05) is 0 Å². The number of benzene rings is 1. The number of nitriles is 1. The van der Waals surface area contributed by atoms with Crippen LogP contribution in [0.5, 0.6) is 5.75 Å². The predicted molar refractivity (Wildman–Crippen MR) is 79.3 cm³/mol. The van der Waals surface area contributed by atoms with Crippen LogP contribution in [-0.4, -0.2) is 23.7 Å². The van der Waals surface area contributed by atoms with Crippen molar-refractivity contribution in [3.05, 3.63) is 23.8 Å². The fourth-order valence-electron chi connectivity index (χ4n) is 2.70. The number of aliphatic carboxylic acids is 1. The van der Waals surface area contributed by atoms with Gasteiger partial charge in [0.25, 0.3) is 0 Å². The Morgan fingerprint density at radius 3 is 2.71 bits per heavy atom. The molecule has 5 heteroatoms. The average molecular weight is 288 g/mol. The van der Waals surface area contributed by atoms with Crippen molar-refractivity contribution in [2.24, 2.45) is 5.92 Å². The van der Waals surface area contributed by atoms with E-state index < -0.39 is 5.97 Å². The van der Waals surface area contributed by atoms with Crippen molar-refractivity contribution in [2.45, 2.75) is 38.6 Å². The first kappa shape index (κ1) is 15.2. The van der Waals surface area contributed by atoms with Gasteiger partial charge in [0.2, 0.25) is 0 Å². The number of nitrogens with zero attached hydrogens (tertiary/aromatic N) is 1. The van der Waals surface area contributed by atoms with E-state index in [2.05, 4.69) is 11.4 Å². The first-order valence-corrected chi connectivity index (χ1v) is 7.30. The summed E-state index contributed by atoms with van der Waals surface area (Å²) >= 11 is 0. The summed E-state index contributed by atoms with van der Waals surface area (Å²) in [6, 6.07) is 7.67. The minimum absolute atomic E-state index is 0.222. The molecule has 5 nitrogen and oxygen atoms in total. The number of anilines is 1. The summed E-state index contributed by atoms with van der Waals surface area (Å²) < 4.78 is 5.57. The van der Waals surface area contributed by atoms with Gasteiger partial charge in [0.05, 0.1) is 29.8 Å². The molecule has 2 rings (SSSR count). The Morgan fingerprint density at radius 1 is 1.43 bits per heavy atom. The van der Waals surface area contributed by atoms with Gasteiger partial charge < -0.3 is 15.2 Å². The molecule has 2 N–H and O–H groups in total. The third-order valence-corrected chi connectivity index (χ3v) is 3.84. The van der Waals surface area contributed by atoms with Gasteiger partial charge in [-0.05, 0) is 50.8 Å². The number of ether oxygens (including phenoxy) is 1. The number of nitrogens with one attached hydrogen (secondary N) is 1. The van der Waals surface area contributed by atoms with Crippen LogP contribution in [-0.2, 0) is 4.79 Å². The van der Waals surface area contributed by atoms with E-state index >= 15 is 0 Å². The molecule has 0 bridgehead atoms. The molecule has 0 amide bonds. The minimum atomic E-state index is -0.699. The van der Waals surface area contributed by atoms with Crippen molar-refractivity contribution in [3.63, 3.8) is 0 Å². The number of rotatable bonds is 5. The smallest absolute Gasteiger partial charge is 0.306 e. The van der Waals surface area contributed by atoms with E-state index in [1.165, 1.54) is 0 Å². The Morgan fingerprint density at radius 2 is 2.14 bits per heavy atom. The van der Waals surface area contributed by atoms with Crippen LogP contribution in [0.3, 0.4) is 0 Å². The molecule has 1 aliphatic rings. The standard InChI is InChI=1S/C16H20N2O3/c1-2-21-15-8-3-11(10-17)9-14(15)18-13-6-4-12(5-7-13)16(19)20/h3,8-9,12-13,18H,2,4-7H2,1H3,(H,19,20). The minimum Gasteiger partial charge on any atom is -0.492 e. The van der Waals surface area contributed by atoms with Crippen molar-refractivity contribution < 1.29 is 14.6 Å². The van der Waals surface area contributed by atoms with Crippen LogP contribution in [0.4, 0.5) is 5.69 Å². The fourth-order valence-corrected chi connectivity index (χ4v) is 2.70. The first-order valence-electron chi connectivity index (χ1n) is 7.30. The number of carbonyl (C=O) groups is 1. The Labute approximate surface area is 124 Å². The zero-order chi connectivity index (χ0) is 15.2. The van der Waals surface area contributed by atoms with Crippen molar-refractivity contribution >= 4 is 11.7 Å². The molecule has 112 valence electrons. The lowest BCUT2D eigenvalue weighted by Crippen LogP contribution is -2.29. The van der Waals surface area contributed by atoms with Crippen LogP contribution in [0.2, 0.25) is 0 Å². The topological polar surface area (TPSA) is 82.3 Å². The summed E-state index contributed by atoms with van der Waals surface area (Å²) in [6.45, 7) is 2.48. The zero-order valence-corrected chi connectivity index (χ0v) is 12.1. The van der Waals surface area contributed by atoms with E-state index in [-0.39, 0.29) is 12.0 Å². The Kier molecular flexibility index (Phi) is 5.04. The summed E-state index contributed by atoms with van der Waals surface area (Å²) in [5, 5.41) is 21.4.